The molecule has 17 heavy (non-hydrogen) atoms. The SMILES string of the molecule is CC(C)C1CC(Oc2cc(F)c(F)c(F)c2)C1. The Morgan fingerprint density at radius 1 is 1.12 bits per heavy atom. The Morgan fingerprint density at radius 3 is 2.12 bits per heavy atom. The van der Waals surface area contributed by atoms with Gasteiger partial charge in [-0.1, -0.05) is 13.8 Å². The maximum atomic E-state index is 12.9. The molecule has 1 aromatic carbocycles. The van der Waals surface area contributed by atoms with Crippen LogP contribution in [0.2, 0.25) is 0 Å². The average Bonchev–Trinajstić information content (AvgIpc) is 2.18. The van der Waals surface area contributed by atoms with Crippen molar-refractivity contribution in [3.63, 3.8) is 0 Å². The summed E-state index contributed by atoms with van der Waals surface area (Å²) in [5, 5.41) is 0. The lowest BCUT2D eigenvalue weighted by atomic mass is 9.75. The Bertz CT molecular complexity index is 388. The Morgan fingerprint density at radius 2 is 1.65 bits per heavy atom. The molecule has 1 aromatic rings. The highest BCUT2D eigenvalue weighted by atomic mass is 19.2. The zero-order valence-electron chi connectivity index (χ0n) is 9.84. The predicted octanol–water partition coefficient (Wildman–Crippen LogP) is 3.92. The van der Waals surface area contributed by atoms with Crippen LogP contribution in [0.3, 0.4) is 0 Å². The van der Waals surface area contributed by atoms with E-state index in [0.29, 0.717) is 11.8 Å². The van der Waals surface area contributed by atoms with Gasteiger partial charge in [0.15, 0.2) is 17.5 Å². The van der Waals surface area contributed by atoms with Crippen molar-refractivity contribution in [3.8, 4) is 5.75 Å². The van der Waals surface area contributed by atoms with Crippen LogP contribution in [0.5, 0.6) is 5.75 Å². The predicted molar refractivity (Wildman–Crippen MR) is 58.3 cm³/mol. The van der Waals surface area contributed by atoms with Gasteiger partial charge in [0.25, 0.3) is 0 Å². The maximum Gasteiger partial charge on any atom is 0.194 e. The Balaban J connectivity index is 1.97. The van der Waals surface area contributed by atoms with Gasteiger partial charge in [-0.05, 0) is 24.7 Å². The van der Waals surface area contributed by atoms with E-state index in [1.54, 1.807) is 0 Å². The lowest BCUT2D eigenvalue weighted by Crippen LogP contribution is -2.36. The molecule has 0 spiro atoms. The van der Waals surface area contributed by atoms with Crippen molar-refractivity contribution in [2.45, 2.75) is 32.8 Å². The number of rotatable bonds is 3. The van der Waals surface area contributed by atoms with E-state index in [4.69, 9.17) is 4.74 Å². The molecule has 2 rings (SSSR count). The molecule has 1 aliphatic rings. The fourth-order valence-corrected chi connectivity index (χ4v) is 2.04. The van der Waals surface area contributed by atoms with Gasteiger partial charge in [-0.15, -0.1) is 0 Å². The van der Waals surface area contributed by atoms with E-state index in [0.717, 1.165) is 25.0 Å². The topological polar surface area (TPSA) is 9.23 Å². The van der Waals surface area contributed by atoms with Crippen molar-refractivity contribution in [1.82, 2.24) is 0 Å². The molecule has 1 fully saturated rings. The zero-order valence-corrected chi connectivity index (χ0v) is 9.84. The summed E-state index contributed by atoms with van der Waals surface area (Å²) in [6.07, 6.45) is 1.77. The smallest absolute Gasteiger partial charge is 0.194 e. The number of hydrogen-bond donors (Lipinski definition) is 0. The molecule has 1 saturated carbocycles. The molecule has 0 atom stereocenters. The molecular formula is C13H15F3O. The van der Waals surface area contributed by atoms with E-state index in [9.17, 15) is 13.2 Å². The summed E-state index contributed by atoms with van der Waals surface area (Å²) in [6, 6.07) is 1.78. The van der Waals surface area contributed by atoms with Crippen molar-refractivity contribution in [2.24, 2.45) is 11.8 Å². The first-order valence-corrected chi connectivity index (χ1v) is 5.78. The van der Waals surface area contributed by atoms with Crippen LogP contribution in [0.1, 0.15) is 26.7 Å². The fraction of sp³-hybridized carbons (Fsp3) is 0.538. The molecule has 1 aliphatic carbocycles. The van der Waals surface area contributed by atoms with Crippen LogP contribution >= 0.6 is 0 Å². The van der Waals surface area contributed by atoms with Gasteiger partial charge in [0.05, 0.1) is 6.10 Å². The molecule has 0 bridgehead atoms. The van der Waals surface area contributed by atoms with Gasteiger partial charge in [0.2, 0.25) is 0 Å². The van der Waals surface area contributed by atoms with Crippen LogP contribution in [0.25, 0.3) is 0 Å². The lowest BCUT2D eigenvalue weighted by molar-refractivity contribution is 0.0411. The summed E-state index contributed by atoms with van der Waals surface area (Å²) in [6.45, 7) is 4.27. The molecule has 4 heteroatoms. The third kappa shape index (κ3) is 2.56. The first-order chi connectivity index (χ1) is 7.97. The Labute approximate surface area is 98.6 Å². The van der Waals surface area contributed by atoms with Gasteiger partial charge in [-0.3, -0.25) is 0 Å². The molecule has 0 radical (unpaired) electrons. The molecule has 94 valence electrons. The molecule has 0 unspecified atom stereocenters. The number of ether oxygens (including phenoxy) is 1. The van der Waals surface area contributed by atoms with Crippen molar-refractivity contribution < 1.29 is 17.9 Å². The summed E-state index contributed by atoms with van der Waals surface area (Å²) in [7, 11) is 0. The zero-order chi connectivity index (χ0) is 12.6. The summed E-state index contributed by atoms with van der Waals surface area (Å²) in [5.74, 6) is -2.61. The van der Waals surface area contributed by atoms with Crippen LogP contribution < -0.4 is 4.74 Å². The highest BCUT2D eigenvalue weighted by molar-refractivity contribution is 5.25. The summed E-state index contributed by atoms with van der Waals surface area (Å²) in [4.78, 5) is 0. The number of halogens is 3. The Hall–Kier alpha value is -1.19. The lowest BCUT2D eigenvalue weighted by Gasteiger charge is -2.37. The second kappa shape index (κ2) is 4.59. The molecule has 0 aliphatic heterocycles. The third-order valence-corrected chi connectivity index (χ3v) is 3.33. The minimum Gasteiger partial charge on any atom is -0.490 e. The molecule has 1 nitrogen and oxygen atoms in total. The van der Waals surface area contributed by atoms with Crippen LogP contribution in [0, 0.1) is 29.3 Å². The van der Waals surface area contributed by atoms with Gasteiger partial charge < -0.3 is 4.74 Å². The van der Waals surface area contributed by atoms with Crippen LogP contribution in [0.4, 0.5) is 13.2 Å². The second-order valence-electron chi connectivity index (χ2n) is 4.92. The standard InChI is InChI=1S/C13H15F3O/c1-7(2)8-3-9(4-8)17-10-5-11(14)13(16)12(15)6-10/h5-9H,3-4H2,1-2H3. The normalized spacial score (nSPS) is 23.6. The maximum absolute atomic E-state index is 12.9. The molecule has 0 heterocycles. The average molecular weight is 244 g/mol. The molecule has 0 amide bonds. The quantitative estimate of drug-likeness (QED) is 0.732. The molecule has 0 saturated heterocycles. The fourth-order valence-electron chi connectivity index (χ4n) is 2.04. The van der Waals surface area contributed by atoms with Crippen molar-refractivity contribution in [2.75, 3.05) is 0 Å². The second-order valence-corrected chi connectivity index (χ2v) is 4.92. The van der Waals surface area contributed by atoms with E-state index in [2.05, 4.69) is 13.8 Å². The highest BCUT2D eigenvalue weighted by Crippen LogP contribution is 2.36. The highest BCUT2D eigenvalue weighted by Gasteiger charge is 2.33. The first-order valence-electron chi connectivity index (χ1n) is 5.78. The Kier molecular flexibility index (Phi) is 3.31. The van der Waals surface area contributed by atoms with Gasteiger partial charge in [0, 0.05) is 12.1 Å². The third-order valence-electron chi connectivity index (χ3n) is 3.33. The molecular weight excluding hydrogens is 229 g/mol. The van der Waals surface area contributed by atoms with E-state index in [-0.39, 0.29) is 11.9 Å². The van der Waals surface area contributed by atoms with Gasteiger partial charge in [-0.25, -0.2) is 13.2 Å². The van der Waals surface area contributed by atoms with E-state index < -0.39 is 17.5 Å². The molecule has 0 N–H and O–H groups in total. The minimum atomic E-state index is -1.45. The first kappa shape index (κ1) is 12.3. The van der Waals surface area contributed by atoms with Crippen molar-refractivity contribution in [3.05, 3.63) is 29.6 Å². The van der Waals surface area contributed by atoms with Gasteiger partial charge in [0.1, 0.15) is 5.75 Å². The minimum absolute atomic E-state index is 0.00772. The van der Waals surface area contributed by atoms with Gasteiger partial charge in [-0.2, -0.15) is 0 Å². The van der Waals surface area contributed by atoms with Crippen LogP contribution in [-0.4, -0.2) is 6.10 Å². The molecule has 0 aromatic heterocycles. The largest absolute Gasteiger partial charge is 0.490 e. The summed E-state index contributed by atoms with van der Waals surface area (Å²) >= 11 is 0. The number of benzene rings is 1. The van der Waals surface area contributed by atoms with E-state index >= 15 is 0 Å². The van der Waals surface area contributed by atoms with E-state index in [1.807, 2.05) is 0 Å². The monoisotopic (exact) mass is 244 g/mol. The van der Waals surface area contributed by atoms with Crippen LogP contribution in [0.15, 0.2) is 12.1 Å². The van der Waals surface area contributed by atoms with E-state index in [1.165, 1.54) is 0 Å². The van der Waals surface area contributed by atoms with Crippen molar-refractivity contribution >= 4 is 0 Å². The number of hydrogen-bond acceptors (Lipinski definition) is 1. The van der Waals surface area contributed by atoms with Gasteiger partial charge >= 0.3 is 0 Å². The van der Waals surface area contributed by atoms with Crippen LogP contribution in [-0.2, 0) is 0 Å². The summed E-state index contributed by atoms with van der Waals surface area (Å²) in [5.41, 5.74) is 0. The summed E-state index contributed by atoms with van der Waals surface area (Å²) < 4.78 is 44.0. The van der Waals surface area contributed by atoms with Crippen molar-refractivity contribution in [1.29, 1.82) is 0 Å².